The van der Waals surface area contributed by atoms with Gasteiger partial charge in [-0.25, -0.2) is 5.01 Å². The van der Waals surface area contributed by atoms with Crippen LogP contribution in [0.3, 0.4) is 0 Å². The van der Waals surface area contributed by atoms with Gasteiger partial charge in [0.1, 0.15) is 0 Å². The maximum absolute atomic E-state index is 11.3. The van der Waals surface area contributed by atoms with Crippen molar-refractivity contribution in [1.82, 2.24) is 20.0 Å². The van der Waals surface area contributed by atoms with Gasteiger partial charge in [0.15, 0.2) is 5.11 Å². The van der Waals surface area contributed by atoms with E-state index in [0.717, 1.165) is 16.8 Å². The van der Waals surface area contributed by atoms with Crippen LogP contribution < -0.4 is 16.0 Å². The third-order valence-corrected chi connectivity index (χ3v) is 7.18. The molecule has 0 saturated heterocycles. The first-order valence-corrected chi connectivity index (χ1v) is 14.3. The number of hydrogen-bond donors (Lipinski definition) is 3. The van der Waals surface area contributed by atoms with Crippen LogP contribution in [0.15, 0.2) is 114 Å². The highest BCUT2D eigenvalue weighted by Crippen LogP contribution is 2.33. The minimum atomic E-state index is -0.511. The molecular weight excluding hydrogens is 608 g/mol. The lowest BCUT2D eigenvalue weighted by atomic mass is 9.99. The minimum absolute atomic E-state index is 0.0308. The van der Waals surface area contributed by atoms with E-state index < -0.39 is 9.85 Å². The van der Waals surface area contributed by atoms with Gasteiger partial charge in [-0.3, -0.25) is 25.5 Å². The van der Waals surface area contributed by atoms with E-state index in [4.69, 9.17) is 17.3 Å². The summed E-state index contributed by atoms with van der Waals surface area (Å²) in [6, 6.07) is 31.2. The van der Waals surface area contributed by atoms with Gasteiger partial charge in [-0.1, -0.05) is 72.8 Å². The summed E-state index contributed by atoms with van der Waals surface area (Å²) in [6.45, 7) is 0. The zero-order valence-corrected chi connectivity index (χ0v) is 24.7. The zero-order chi connectivity index (χ0) is 32.0. The highest BCUT2D eigenvalue weighted by Gasteiger charge is 2.31. The molecule has 2 heterocycles. The van der Waals surface area contributed by atoms with Gasteiger partial charge >= 0.3 is 0 Å². The number of hydrazone groups is 1. The lowest BCUT2D eigenvalue weighted by Gasteiger charge is -2.24. The largest absolute Gasteiger partial charge is 0.324 e. The summed E-state index contributed by atoms with van der Waals surface area (Å²) in [5.74, 6) is 0.0995. The van der Waals surface area contributed by atoms with E-state index in [1.54, 1.807) is 17.1 Å². The van der Waals surface area contributed by atoms with Crippen LogP contribution in [-0.4, -0.2) is 40.6 Å². The lowest BCUT2D eigenvalue weighted by molar-refractivity contribution is -0.385. The van der Waals surface area contributed by atoms with Crippen molar-refractivity contribution in [2.75, 3.05) is 16.0 Å². The molecule has 1 atom stereocenters. The SMILES string of the molecule is O=[N+]([O-])c1cccc(Nc2nc(NC(=S)N3N=C(c4ccccc4)CC3c3ccccc3)nc(Nc3cccc([N+](=O)[O-])c3)n2)c1. The molecule has 4 aromatic carbocycles. The molecule has 0 spiro atoms. The van der Waals surface area contributed by atoms with Crippen molar-refractivity contribution in [2.24, 2.45) is 5.10 Å². The third-order valence-electron chi connectivity index (χ3n) is 6.89. The first-order chi connectivity index (χ1) is 22.3. The van der Waals surface area contributed by atoms with Crippen LogP contribution >= 0.6 is 12.2 Å². The molecule has 0 saturated carbocycles. The van der Waals surface area contributed by atoms with Gasteiger partial charge in [-0.2, -0.15) is 20.1 Å². The summed E-state index contributed by atoms with van der Waals surface area (Å²) in [4.78, 5) is 34.9. The second kappa shape index (κ2) is 13.1. The molecule has 5 aromatic rings. The lowest BCUT2D eigenvalue weighted by Crippen LogP contribution is -2.32. The fraction of sp³-hybridized carbons (Fsp3) is 0.0645. The van der Waals surface area contributed by atoms with Gasteiger partial charge in [-0.15, -0.1) is 0 Å². The van der Waals surface area contributed by atoms with E-state index in [1.807, 2.05) is 60.7 Å². The third kappa shape index (κ3) is 6.89. The minimum Gasteiger partial charge on any atom is -0.324 e. The van der Waals surface area contributed by atoms with E-state index in [0.29, 0.717) is 17.8 Å². The Morgan fingerprint density at radius 1 is 0.717 bits per heavy atom. The monoisotopic (exact) mass is 632 g/mol. The predicted octanol–water partition coefficient (Wildman–Crippen LogP) is 6.72. The molecule has 1 aliphatic rings. The Kier molecular flexibility index (Phi) is 8.47. The molecule has 46 heavy (non-hydrogen) atoms. The van der Waals surface area contributed by atoms with Crippen LogP contribution in [0.2, 0.25) is 0 Å². The average molecular weight is 633 g/mol. The number of nitrogens with zero attached hydrogens (tertiary/aromatic N) is 7. The van der Waals surface area contributed by atoms with Crippen LogP contribution in [-0.2, 0) is 0 Å². The number of non-ortho nitro benzene ring substituents is 2. The Morgan fingerprint density at radius 3 is 1.78 bits per heavy atom. The zero-order valence-electron chi connectivity index (χ0n) is 23.8. The molecule has 0 fully saturated rings. The van der Waals surface area contributed by atoms with Crippen LogP contribution in [0.4, 0.5) is 40.6 Å². The van der Waals surface area contributed by atoms with E-state index >= 15 is 0 Å². The average Bonchev–Trinajstić information content (AvgIpc) is 3.52. The predicted molar refractivity (Wildman–Crippen MR) is 177 cm³/mol. The van der Waals surface area contributed by atoms with Gasteiger partial charge in [-0.05, 0) is 35.5 Å². The van der Waals surface area contributed by atoms with E-state index in [9.17, 15) is 20.2 Å². The van der Waals surface area contributed by atoms with Crippen molar-refractivity contribution in [2.45, 2.75) is 12.5 Å². The maximum Gasteiger partial charge on any atom is 0.271 e. The molecule has 0 bridgehead atoms. The van der Waals surface area contributed by atoms with Crippen molar-refractivity contribution in [3.05, 3.63) is 141 Å². The van der Waals surface area contributed by atoms with Gasteiger partial charge in [0.05, 0.1) is 21.6 Å². The number of aromatic nitrogens is 3. The van der Waals surface area contributed by atoms with Crippen molar-refractivity contribution < 1.29 is 9.85 Å². The number of anilines is 5. The molecule has 228 valence electrons. The quantitative estimate of drug-likeness (QED) is 0.0889. The van der Waals surface area contributed by atoms with Crippen molar-refractivity contribution in [1.29, 1.82) is 0 Å². The normalized spacial score (nSPS) is 13.9. The van der Waals surface area contributed by atoms with Crippen molar-refractivity contribution >= 4 is 63.6 Å². The van der Waals surface area contributed by atoms with Gasteiger partial charge in [0.25, 0.3) is 11.4 Å². The fourth-order valence-electron chi connectivity index (χ4n) is 4.79. The molecule has 15 heteroatoms. The maximum atomic E-state index is 11.3. The molecule has 0 aliphatic carbocycles. The van der Waals surface area contributed by atoms with Crippen LogP contribution in [0.25, 0.3) is 0 Å². The summed E-state index contributed by atoms with van der Waals surface area (Å²) in [5.41, 5.74) is 3.31. The second-order valence-corrected chi connectivity index (χ2v) is 10.4. The number of nitro benzene ring substituents is 2. The molecule has 0 radical (unpaired) electrons. The van der Waals surface area contributed by atoms with Gasteiger partial charge < -0.3 is 10.6 Å². The molecule has 3 N–H and O–H groups in total. The Hall–Kier alpha value is -6.35. The fourth-order valence-corrected chi connectivity index (χ4v) is 5.05. The number of hydrogen-bond acceptors (Lipinski definition) is 11. The molecule has 1 unspecified atom stereocenters. The summed E-state index contributed by atoms with van der Waals surface area (Å²) in [7, 11) is 0. The summed E-state index contributed by atoms with van der Waals surface area (Å²) < 4.78 is 0. The number of nitro groups is 2. The van der Waals surface area contributed by atoms with E-state index in [1.165, 1.54) is 36.4 Å². The Labute approximate surface area is 267 Å². The highest BCUT2D eigenvalue weighted by atomic mass is 32.1. The number of nitrogens with one attached hydrogen (secondary N) is 3. The summed E-state index contributed by atoms with van der Waals surface area (Å²) in [6.07, 6.45) is 0.603. The molecular formula is C31H24N10O4S. The highest BCUT2D eigenvalue weighted by molar-refractivity contribution is 7.80. The van der Waals surface area contributed by atoms with Crippen LogP contribution in [0.1, 0.15) is 23.6 Å². The van der Waals surface area contributed by atoms with Crippen molar-refractivity contribution in [3.8, 4) is 0 Å². The molecule has 1 aliphatic heterocycles. The van der Waals surface area contributed by atoms with Gasteiger partial charge in [0.2, 0.25) is 17.8 Å². The van der Waals surface area contributed by atoms with Gasteiger partial charge in [0, 0.05) is 42.1 Å². The Balaban J connectivity index is 1.33. The van der Waals surface area contributed by atoms with E-state index in [2.05, 4.69) is 30.9 Å². The molecule has 14 nitrogen and oxygen atoms in total. The molecule has 0 amide bonds. The summed E-state index contributed by atoms with van der Waals surface area (Å²) >= 11 is 5.83. The number of thiocarbonyl (C=S) groups is 1. The number of benzene rings is 4. The standard InChI is InChI=1S/C31H24N10O4S/c42-40(43)24-15-7-13-22(17-24)32-28-34-29(33-23-14-8-16-25(18-23)41(44)45)36-30(35-28)37-31(46)39-27(21-11-5-2-6-12-21)19-26(38-39)20-9-3-1-4-10-20/h1-18,27H,19H2,(H3,32,33,34,35,36,37,46). The first kappa shape index (κ1) is 29.7. The Morgan fingerprint density at radius 2 is 1.24 bits per heavy atom. The summed E-state index contributed by atoms with van der Waals surface area (Å²) in [5, 5.41) is 38.4. The van der Waals surface area contributed by atoms with Crippen molar-refractivity contribution in [3.63, 3.8) is 0 Å². The second-order valence-electron chi connectivity index (χ2n) is 9.99. The smallest absolute Gasteiger partial charge is 0.271 e. The van der Waals surface area contributed by atoms with Crippen LogP contribution in [0, 0.1) is 20.2 Å². The van der Waals surface area contributed by atoms with Crippen LogP contribution in [0.5, 0.6) is 0 Å². The molecule has 6 rings (SSSR count). The topological polar surface area (TPSA) is 177 Å². The number of rotatable bonds is 9. The molecule has 1 aromatic heterocycles. The van der Waals surface area contributed by atoms with E-state index in [-0.39, 0.29) is 40.4 Å². The Bertz CT molecular complexity index is 1880. The first-order valence-electron chi connectivity index (χ1n) is 13.9.